The summed E-state index contributed by atoms with van der Waals surface area (Å²) in [5.41, 5.74) is 2.02. The van der Waals surface area contributed by atoms with Crippen molar-refractivity contribution >= 4 is 21.4 Å². The first-order chi connectivity index (χ1) is 10.4. The van der Waals surface area contributed by atoms with Crippen LogP contribution in [0, 0.1) is 12.7 Å². The van der Waals surface area contributed by atoms with Gasteiger partial charge in [0.1, 0.15) is 5.82 Å². The smallest absolute Gasteiger partial charge is 0.228 e. The van der Waals surface area contributed by atoms with Gasteiger partial charge in [0.05, 0.1) is 17.1 Å². The summed E-state index contributed by atoms with van der Waals surface area (Å²) in [6, 6.07) is 8.87. The summed E-state index contributed by atoms with van der Waals surface area (Å²) in [5, 5.41) is 2.68. The lowest BCUT2D eigenvalue weighted by Crippen LogP contribution is -2.09. The maximum Gasteiger partial charge on any atom is 0.228 e. The van der Waals surface area contributed by atoms with E-state index in [9.17, 15) is 17.6 Å². The van der Waals surface area contributed by atoms with E-state index in [4.69, 9.17) is 0 Å². The van der Waals surface area contributed by atoms with Gasteiger partial charge in [-0.15, -0.1) is 0 Å². The number of sulfone groups is 1. The molecule has 1 aliphatic rings. The molecule has 1 aliphatic heterocycles. The fourth-order valence-electron chi connectivity index (χ4n) is 2.67. The number of hydrogen-bond acceptors (Lipinski definition) is 3. The number of amides is 1. The number of nitrogens with one attached hydrogen (secondary N) is 1. The average molecular weight is 319 g/mol. The predicted octanol–water partition coefficient (Wildman–Crippen LogP) is 2.60. The average Bonchev–Trinajstić information content (AvgIpc) is 2.83. The summed E-state index contributed by atoms with van der Waals surface area (Å²) in [6.45, 7) is 1.67. The van der Waals surface area contributed by atoms with Crippen molar-refractivity contribution in [2.75, 3.05) is 5.32 Å². The van der Waals surface area contributed by atoms with Crippen LogP contribution in [0.2, 0.25) is 0 Å². The van der Waals surface area contributed by atoms with E-state index in [2.05, 4.69) is 5.32 Å². The number of carbonyl (C=O) groups is 1. The van der Waals surface area contributed by atoms with Crippen LogP contribution in [0.4, 0.5) is 10.1 Å². The summed E-state index contributed by atoms with van der Waals surface area (Å²) < 4.78 is 38.9. The number of anilines is 1. The molecule has 1 heterocycles. The third-order valence-corrected chi connectivity index (χ3v) is 5.60. The normalized spacial score (nSPS) is 13.8. The van der Waals surface area contributed by atoms with Gasteiger partial charge in [-0.25, -0.2) is 12.8 Å². The zero-order valence-corrected chi connectivity index (χ0v) is 12.7. The maximum atomic E-state index is 13.7. The van der Waals surface area contributed by atoms with Crippen LogP contribution in [-0.4, -0.2) is 14.3 Å². The molecule has 2 aromatic rings. The van der Waals surface area contributed by atoms with Crippen molar-refractivity contribution in [3.8, 4) is 0 Å². The summed E-state index contributed by atoms with van der Waals surface area (Å²) in [5.74, 6) is -1.09. The molecule has 2 aromatic carbocycles. The van der Waals surface area contributed by atoms with E-state index in [1.807, 2.05) is 0 Å². The highest BCUT2D eigenvalue weighted by Crippen LogP contribution is 2.32. The molecule has 0 saturated carbocycles. The molecule has 4 nitrogen and oxygen atoms in total. The topological polar surface area (TPSA) is 63.2 Å². The Morgan fingerprint density at radius 2 is 1.91 bits per heavy atom. The van der Waals surface area contributed by atoms with Crippen molar-refractivity contribution < 1.29 is 17.6 Å². The Hall–Kier alpha value is -2.21. The van der Waals surface area contributed by atoms with Crippen molar-refractivity contribution in [2.45, 2.75) is 24.0 Å². The third kappa shape index (κ3) is 2.50. The molecule has 3 rings (SSSR count). The van der Waals surface area contributed by atoms with Gasteiger partial charge >= 0.3 is 0 Å². The second-order valence-corrected chi connectivity index (χ2v) is 7.25. The van der Waals surface area contributed by atoms with Crippen LogP contribution >= 0.6 is 0 Å². The lowest BCUT2D eigenvalue weighted by molar-refractivity contribution is -0.115. The SMILES string of the molecule is Cc1c(S(=O)(=O)Cc2ccccc2F)ccc2c1CC(=O)N2. The van der Waals surface area contributed by atoms with Crippen LogP contribution in [-0.2, 0) is 26.8 Å². The van der Waals surface area contributed by atoms with Gasteiger partial charge in [-0.05, 0) is 36.2 Å². The zero-order valence-electron chi connectivity index (χ0n) is 11.9. The van der Waals surface area contributed by atoms with E-state index in [0.29, 0.717) is 16.8 Å². The van der Waals surface area contributed by atoms with Crippen LogP contribution in [0.25, 0.3) is 0 Å². The summed E-state index contributed by atoms with van der Waals surface area (Å²) >= 11 is 0. The Labute approximate surface area is 127 Å². The molecule has 0 unspecified atom stereocenters. The van der Waals surface area contributed by atoms with E-state index < -0.39 is 21.4 Å². The molecule has 6 heteroatoms. The van der Waals surface area contributed by atoms with Crippen LogP contribution in [0.3, 0.4) is 0 Å². The van der Waals surface area contributed by atoms with Gasteiger partial charge in [0, 0.05) is 11.3 Å². The Kier molecular flexibility index (Phi) is 3.48. The first-order valence-electron chi connectivity index (χ1n) is 6.77. The fraction of sp³-hybridized carbons (Fsp3) is 0.188. The number of halogens is 1. The summed E-state index contributed by atoms with van der Waals surface area (Å²) in [4.78, 5) is 11.6. The van der Waals surface area contributed by atoms with Crippen LogP contribution < -0.4 is 5.32 Å². The molecule has 0 bridgehead atoms. The fourth-order valence-corrected chi connectivity index (χ4v) is 4.33. The molecule has 0 fully saturated rings. The predicted molar refractivity (Wildman–Crippen MR) is 80.8 cm³/mol. The zero-order chi connectivity index (χ0) is 15.9. The molecule has 0 aromatic heterocycles. The highest BCUT2D eigenvalue weighted by atomic mass is 32.2. The van der Waals surface area contributed by atoms with E-state index >= 15 is 0 Å². The monoisotopic (exact) mass is 319 g/mol. The number of benzene rings is 2. The summed E-state index contributed by atoms with van der Waals surface area (Å²) in [6.07, 6.45) is 0.171. The van der Waals surface area contributed by atoms with Crippen molar-refractivity contribution in [3.05, 3.63) is 58.9 Å². The van der Waals surface area contributed by atoms with Gasteiger partial charge < -0.3 is 5.32 Å². The van der Waals surface area contributed by atoms with Crippen LogP contribution in [0.5, 0.6) is 0 Å². The summed E-state index contributed by atoms with van der Waals surface area (Å²) in [7, 11) is -3.68. The second kappa shape index (κ2) is 5.21. The van der Waals surface area contributed by atoms with Crippen molar-refractivity contribution in [2.24, 2.45) is 0 Å². The molecule has 0 radical (unpaired) electrons. The molecule has 1 amide bonds. The Morgan fingerprint density at radius 3 is 2.64 bits per heavy atom. The Morgan fingerprint density at radius 1 is 1.18 bits per heavy atom. The number of carbonyl (C=O) groups excluding carboxylic acids is 1. The first kappa shape index (κ1) is 14.7. The number of rotatable bonds is 3. The van der Waals surface area contributed by atoms with E-state index in [0.717, 1.165) is 0 Å². The third-order valence-electron chi connectivity index (χ3n) is 3.80. The minimum Gasteiger partial charge on any atom is -0.326 e. The first-order valence-corrected chi connectivity index (χ1v) is 8.42. The molecule has 0 saturated heterocycles. The van der Waals surface area contributed by atoms with Crippen molar-refractivity contribution in [1.82, 2.24) is 0 Å². The lowest BCUT2D eigenvalue weighted by Gasteiger charge is -2.11. The molecular weight excluding hydrogens is 305 g/mol. The standard InChI is InChI=1S/C16H14FNO3S/c1-10-12-8-16(19)18-14(12)6-7-15(10)22(20,21)9-11-4-2-3-5-13(11)17/h2-7H,8-9H2,1H3,(H,18,19). The maximum absolute atomic E-state index is 13.7. The van der Waals surface area contributed by atoms with E-state index in [1.54, 1.807) is 19.1 Å². The van der Waals surface area contributed by atoms with Gasteiger partial charge in [-0.1, -0.05) is 18.2 Å². The highest BCUT2D eigenvalue weighted by Gasteiger charge is 2.26. The molecule has 22 heavy (non-hydrogen) atoms. The largest absolute Gasteiger partial charge is 0.326 e. The van der Waals surface area contributed by atoms with Crippen LogP contribution in [0.15, 0.2) is 41.3 Å². The molecule has 114 valence electrons. The van der Waals surface area contributed by atoms with Gasteiger partial charge in [0.15, 0.2) is 9.84 Å². The van der Waals surface area contributed by atoms with E-state index in [-0.39, 0.29) is 22.8 Å². The second-order valence-electron chi connectivity index (χ2n) is 5.29. The van der Waals surface area contributed by atoms with Gasteiger partial charge in [0.2, 0.25) is 5.91 Å². The Balaban J connectivity index is 2.02. The number of hydrogen-bond donors (Lipinski definition) is 1. The van der Waals surface area contributed by atoms with Crippen LogP contribution in [0.1, 0.15) is 16.7 Å². The van der Waals surface area contributed by atoms with Crippen molar-refractivity contribution in [3.63, 3.8) is 0 Å². The van der Waals surface area contributed by atoms with E-state index in [1.165, 1.54) is 24.3 Å². The molecular formula is C16H14FNO3S. The molecule has 0 spiro atoms. The quantitative estimate of drug-likeness (QED) is 0.946. The lowest BCUT2D eigenvalue weighted by atomic mass is 10.1. The molecule has 1 N–H and O–H groups in total. The number of fused-ring (bicyclic) bond motifs is 1. The highest BCUT2D eigenvalue weighted by molar-refractivity contribution is 7.90. The molecule has 0 aliphatic carbocycles. The minimum atomic E-state index is -3.68. The van der Waals surface area contributed by atoms with Gasteiger partial charge in [-0.3, -0.25) is 4.79 Å². The van der Waals surface area contributed by atoms with Crippen molar-refractivity contribution in [1.29, 1.82) is 0 Å². The van der Waals surface area contributed by atoms with Gasteiger partial charge in [-0.2, -0.15) is 0 Å². The Bertz CT molecular complexity index is 875. The minimum absolute atomic E-state index is 0.136. The molecule has 0 atom stereocenters. The van der Waals surface area contributed by atoms with Gasteiger partial charge in [0.25, 0.3) is 0 Å².